The summed E-state index contributed by atoms with van der Waals surface area (Å²) in [5.74, 6) is 0.445. The number of halogens is 1. The minimum Gasteiger partial charge on any atom is -0.496 e. The number of anilines is 1. The SMILES string of the molecule is COc1ccccc1C1=NOC(C(=O)Nc2cccc(Cl)c2C)C1. The van der Waals surface area contributed by atoms with Gasteiger partial charge in [-0.3, -0.25) is 4.79 Å². The van der Waals surface area contributed by atoms with Crippen LogP contribution in [0.1, 0.15) is 17.5 Å². The molecule has 24 heavy (non-hydrogen) atoms. The molecule has 1 amide bonds. The molecule has 1 aliphatic rings. The summed E-state index contributed by atoms with van der Waals surface area (Å²) in [5, 5.41) is 7.49. The summed E-state index contributed by atoms with van der Waals surface area (Å²) in [6.45, 7) is 1.85. The largest absolute Gasteiger partial charge is 0.496 e. The molecular weight excluding hydrogens is 328 g/mol. The number of nitrogens with zero attached hydrogens (tertiary/aromatic N) is 1. The van der Waals surface area contributed by atoms with Crippen LogP contribution in [0.2, 0.25) is 5.02 Å². The summed E-state index contributed by atoms with van der Waals surface area (Å²) < 4.78 is 5.33. The van der Waals surface area contributed by atoms with E-state index in [0.29, 0.717) is 28.6 Å². The lowest BCUT2D eigenvalue weighted by Crippen LogP contribution is -2.28. The Balaban J connectivity index is 1.70. The molecule has 0 aromatic heterocycles. The number of hydrogen-bond acceptors (Lipinski definition) is 4. The molecule has 1 unspecified atom stereocenters. The number of methoxy groups -OCH3 is 1. The van der Waals surface area contributed by atoms with Gasteiger partial charge < -0.3 is 14.9 Å². The van der Waals surface area contributed by atoms with Crippen LogP contribution >= 0.6 is 11.6 Å². The number of amides is 1. The zero-order valence-electron chi connectivity index (χ0n) is 13.4. The second kappa shape index (κ2) is 6.93. The van der Waals surface area contributed by atoms with Gasteiger partial charge in [0.05, 0.1) is 12.8 Å². The van der Waals surface area contributed by atoms with Gasteiger partial charge in [-0.05, 0) is 36.8 Å². The molecule has 1 N–H and O–H groups in total. The first-order chi connectivity index (χ1) is 11.6. The van der Waals surface area contributed by atoms with Crippen molar-refractivity contribution in [1.82, 2.24) is 0 Å². The molecule has 0 bridgehead atoms. The Kier molecular flexibility index (Phi) is 4.71. The van der Waals surface area contributed by atoms with Crippen LogP contribution in [-0.2, 0) is 9.63 Å². The van der Waals surface area contributed by atoms with Gasteiger partial charge >= 0.3 is 0 Å². The molecule has 2 aromatic rings. The van der Waals surface area contributed by atoms with Crippen LogP contribution in [0.25, 0.3) is 0 Å². The zero-order chi connectivity index (χ0) is 17.1. The lowest BCUT2D eigenvalue weighted by molar-refractivity contribution is -0.125. The zero-order valence-corrected chi connectivity index (χ0v) is 14.1. The molecule has 1 atom stereocenters. The average molecular weight is 345 g/mol. The monoisotopic (exact) mass is 344 g/mol. The van der Waals surface area contributed by atoms with E-state index in [1.807, 2.05) is 31.2 Å². The first-order valence-corrected chi connectivity index (χ1v) is 7.90. The number of rotatable bonds is 4. The maximum atomic E-state index is 12.4. The highest BCUT2D eigenvalue weighted by Crippen LogP contribution is 2.26. The van der Waals surface area contributed by atoms with Crippen LogP contribution < -0.4 is 10.1 Å². The van der Waals surface area contributed by atoms with E-state index in [1.54, 1.807) is 25.3 Å². The molecule has 1 aliphatic heterocycles. The Bertz CT molecular complexity index is 805. The van der Waals surface area contributed by atoms with E-state index in [0.717, 1.165) is 11.1 Å². The number of oxime groups is 1. The summed E-state index contributed by atoms with van der Waals surface area (Å²) in [6.07, 6.45) is -0.297. The molecule has 0 spiro atoms. The van der Waals surface area contributed by atoms with E-state index in [9.17, 15) is 4.79 Å². The Morgan fingerprint density at radius 1 is 1.29 bits per heavy atom. The van der Waals surface area contributed by atoms with Gasteiger partial charge in [-0.1, -0.05) is 35.0 Å². The van der Waals surface area contributed by atoms with Crippen LogP contribution in [0.15, 0.2) is 47.6 Å². The molecule has 1 heterocycles. The molecule has 5 nitrogen and oxygen atoms in total. The van der Waals surface area contributed by atoms with E-state index in [2.05, 4.69) is 10.5 Å². The van der Waals surface area contributed by atoms with Crippen molar-refractivity contribution in [3.8, 4) is 5.75 Å². The highest BCUT2D eigenvalue weighted by Gasteiger charge is 2.30. The van der Waals surface area contributed by atoms with Crippen LogP contribution in [0.4, 0.5) is 5.69 Å². The standard InChI is InChI=1S/C18H17ClN2O3/c1-11-13(19)7-5-8-14(11)20-18(22)17-10-15(21-24-17)12-6-3-4-9-16(12)23-2/h3-9,17H,10H2,1-2H3,(H,20,22). The van der Waals surface area contributed by atoms with Gasteiger partial charge in [0.1, 0.15) is 5.75 Å². The molecule has 0 aliphatic carbocycles. The van der Waals surface area contributed by atoms with Crippen molar-refractivity contribution in [2.45, 2.75) is 19.4 Å². The topological polar surface area (TPSA) is 59.9 Å². The van der Waals surface area contributed by atoms with E-state index in [1.165, 1.54) is 0 Å². The second-order valence-corrected chi connectivity index (χ2v) is 5.85. The highest BCUT2D eigenvalue weighted by molar-refractivity contribution is 6.31. The van der Waals surface area contributed by atoms with E-state index < -0.39 is 6.10 Å². The van der Waals surface area contributed by atoms with Gasteiger partial charge in [0, 0.05) is 22.7 Å². The molecule has 6 heteroatoms. The third-order valence-corrected chi connectivity index (χ3v) is 4.31. The number of nitrogens with one attached hydrogen (secondary N) is 1. The van der Waals surface area contributed by atoms with Crippen molar-refractivity contribution >= 4 is 28.9 Å². The van der Waals surface area contributed by atoms with Gasteiger partial charge in [0.15, 0.2) is 0 Å². The molecule has 0 fully saturated rings. The molecule has 124 valence electrons. The third kappa shape index (κ3) is 3.21. The Labute approximate surface area is 145 Å². The van der Waals surface area contributed by atoms with Gasteiger partial charge in [0.25, 0.3) is 5.91 Å². The Morgan fingerprint density at radius 2 is 2.08 bits per heavy atom. The van der Waals surface area contributed by atoms with Gasteiger partial charge in [0.2, 0.25) is 6.10 Å². The van der Waals surface area contributed by atoms with E-state index in [-0.39, 0.29) is 5.91 Å². The van der Waals surface area contributed by atoms with Crippen LogP contribution in [0.5, 0.6) is 5.75 Å². The molecule has 0 radical (unpaired) electrons. The first-order valence-electron chi connectivity index (χ1n) is 7.52. The van der Waals surface area contributed by atoms with E-state index >= 15 is 0 Å². The maximum Gasteiger partial charge on any atom is 0.268 e. The molecule has 0 saturated heterocycles. The van der Waals surface area contributed by atoms with Crippen LogP contribution in [-0.4, -0.2) is 24.8 Å². The molecule has 0 saturated carbocycles. The quantitative estimate of drug-likeness (QED) is 0.918. The maximum absolute atomic E-state index is 12.4. The second-order valence-electron chi connectivity index (χ2n) is 5.44. The number of hydrogen-bond donors (Lipinski definition) is 1. The van der Waals surface area contributed by atoms with Crippen molar-refractivity contribution in [3.63, 3.8) is 0 Å². The molecular formula is C18H17ClN2O3. The molecule has 2 aromatic carbocycles. The predicted octanol–water partition coefficient (Wildman–Crippen LogP) is 3.79. The van der Waals surface area contributed by atoms with Crippen LogP contribution in [0.3, 0.4) is 0 Å². The molecule has 3 rings (SSSR count). The van der Waals surface area contributed by atoms with Crippen molar-refractivity contribution < 1.29 is 14.4 Å². The number of carbonyl (C=O) groups is 1. The number of benzene rings is 2. The summed E-state index contributed by atoms with van der Waals surface area (Å²) in [6, 6.07) is 12.9. The number of carbonyl (C=O) groups excluding carboxylic acids is 1. The summed E-state index contributed by atoms with van der Waals surface area (Å²) in [4.78, 5) is 17.7. The van der Waals surface area contributed by atoms with Crippen molar-refractivity contribution in [1.29, 1.82) is 0 Å². The number of ether oxygens (including phenoxy) is 1. The van der Waals surface area contributed by atoms with Crippen LogP contribution in [0, 0.1) is 6.92 Å². The minimum absolute atomic E-state index is 0.256. The Hall–Kier alpha value is -2.53. The van der Waals surface area contributed by atoms with E-state index in [4.69, 9.17) is 21.2 Å². The lowest BCUT2D eigenvalue weighted by atomic mass is 10.0. The predicted molar refractivity (Wildman–Crippen MR) is 93.8 cm³/mol. The van der Waals surface area contributed by atoms with Crippen molar-refractivity contribution in [3.05, 3.63) is 58.6 Å². The van der Waals surface area contributed by atoms with Gasteiger partial charge in [-0.15, -0.1) is 0 Å². The first kappa shape index (κ1) is 16.3. The van der Waals surface area contributed by atoms with Gasteiger partial charge in [-0.2, -0.15) is 0 Å². The minimum atomic E-state index is -0.678. The number of para-hydroxylation sites is 1. The highest BCUT2D eigenvalue weighted by atomic mass is 35.5. The normalized spacial score (nSPS) is 16.3. The fourth-order valence-corrected chi connectivity index (χ4v) is 2.69. The fraction of sp³-hybridized carbons (Fsp3) is 0.222. The lowest BCUT2D eigenvalue weighted by Gasteiger charge is -2.12. The summed E-state index contributed by atoms with van der Waals surface area (Å²) >= 11 is 6.07. The third-order valence-electron chi connectivity index (χ3n) is 3.90. The van der Waals surface area contributed by atoms with Crippen molar-refractivity contribution in [2.75, 3.05) is 12.4 Å². The van der Waals surface area contributed by atoms with Crippen molar-refractivity contribution in [2.24, 2.45) is 5.16 Å². The smallest absolute Gasteiger partial charge is 0.268 e. The Morgan fingerprint density at radius 3 is 2.88 bits per heavy atom. The fourth-order valence-electron chi connectivity index (χ4n) is 2.52. The summed E-state index contributed by atoms with van der Waals surface area (Å²) in [5.41, 5.74) is 3.00. The summed E-state index contributed by atoms with van der Waals surface area (Å²) in [7, 11) is 1.60. The average Bonchev–Trinajstić information content (AvgIpc) is 3.09. The van der Waals surface area contributed by atoms with Gasteiger partial charge in [-0.25, -0.2) is 0 Å².